The van der Waals surface area contributed by atoms with E-state index in [1.165, 1.54) is 4.31 Å². The fraction of sp³-hybridized carbons (Fsp3) is 0.292. The van der Waals surface area contributed by atoms with Gasteiger partial charge in [-0.3, -0.25) is 9.78 Å². The van der Waals surface area contributed by atoms with Crippen molar-refractivity contribution in [1.82, 2.24) is 14.2 Å². The van der Waals surface area contributed by atoms with E-state index in [1.54, 1.807) is 49.2 Å². The summed E-state index contributed by atoms with van der Waals surface area (Å²) in [5.41, 5.74) is 2.83. The van der Waals surface area contributed by atoms with Crippen LogP contribution in [0.2, 0.25) is 0 Å². The minimum atomic E-state index is -3.75. The Morgan fingerprint density at radius 2 is 1.84 bits per heavy atom. The first-order chi connectivity index (χ1) is 15.2. The standard InChI is InChI=1S/C24H24N4O3S/c1-16-11-19(14-25)12-17(2)23(16)32(30,31)27-9-10-28(18(3)15-27)24(29)21-7-6-20-5-4-8-26-22(20)13-21/h4-8,11-13,18H,9-10,15H2,1-3H3. The van der Waals surface area contributed by atoms with E-state index in [9.17, 15) is 13.2 Å². The number of aryl methyl sites for hydroxylation is 2. The van der Waals surface area contributed by atoms with Crippen LogP contribution < -0.4 is 0 Å². The number of sulfonamides is 1. The Bertz CT molecular complexity index is 1340. The van der Waals surface area contributed by atoms with Gasteiger partial charge in [0.2, 0.25) is 10.0 Å². The van der Waals surface area contributed by atoms with Gasteiger partial charge in [0.1, 0.15) is 0 Å². The van der Waals surface area contributed by atoms with Crippen LogP contribution in [0.1, 0.15) is 34.0 Å². The third-order valence-corrected chi connectivity index (χ3v) is 8.06. The van der Waals surface area contributed by atoms with E-state index in [1.807, 2.05) is 25.1 Å². The molecule has 8 heteroatoms. The van der Waals surface area contributed by atoms with Crippen LogP contribution in [-0.2, 0) is 10.0 Å². The monoisotopic (exact) mass is 448 g/mol. The third-order valence-electron chi connectivity index (χ3n) is 5.89. The summed E-state index contributed by atoms with van der Waals surface area (Å²) in [6.07, 6.45) is 1.69. The minimum absolute atomic E-state index is 0.132. The largest absolute Gasteiger partial charge is 0.333 e. The molecule has 0 bridgehead atoms. The molecule has 1 amide bonds. The summed E-state index contributed by atoms with van der Waals surface area (Å²) in [6, 6.07) is 14.2. The lowest BCUT2D eigenvalue weighted by Crippen LogP contribution is -2.55. The first-order valence-electron chi connectivity index (χ1n) is 10.4. The summed E-state index contributed by atoms with van der Waals surface area (Å²) >= 11 is 0. The average molecular weight is 449 g/mol. The number of carbonyl (C=O) groups excluding carboxylic acids is 1. The Labute approximate surface area is 188 Å². The van der Waals surface area contributed by atoms with Gasteiger partial charge in [0.15, 0.2) is 0 Å². The lowest BCUT2D eigenvalue weighted by molar-refractivity contribution is 0.0591. The number of benzene rings is 2. The van der Waals surface area contributed by atoms with E-state index in [-0.39, 0.29) is 29.9 Å². The smallest absolute Gasteiger partial charge is 0.254 e. The zero-order valence-electron chi connectivity index (χ0n) is 18.2. The van der Waals surface area contributed by atoms with Crippen molar-refractivity contribution in [2.24, 2.45) is 0 Å². The van der Waals surface area contributed by atoms with Crippen LogP contribution in [-0.4, -0.2) is 54.2 Å². The molecule has 1 aliphatic rings. The first-order valence-corrected chi connectivity index (χ1v) is 11.8. The van der Waals surface area contributed by atoms with Gasteiger partial charge in [-0.25, -0.2) is 8.42 Å². The van der Waals surface area contributed by atoms with E-state index in [0.29, 0.717) is 28.8 Å². The number of amides is 1. The number of rotatable bonds is 3. The maximum Gasteiger partial charge on any atom is 0.254 e. The molecule has 0 aliphatic carbocycles. The van der Waals surface area contributed by atoms with Crippen molar-refractivity contribution in [2.75, 3.05) is 19.6 Å². The second-order valence-electron chi connectivity index (χ2n) is 8.17. The van der Waals surface area contributed by atoms with Crippen molar-refractivity contribution in [3.8, 4) is 6.07 Å². The summed E-state index contributed by atoms with van der Waals surface area (Å²) < 4.78 is 28.2. The molecule has 7 nitrogen and oxygen atoms in total. The Balaban J connectivity index is 1.56. The zero-order chi connectivity index (χ0) is 23.0. The lowest BCUT2D eigenvalue weighted by atomic mass is 10.1. The molecular formula is C24H24N4O3S. The highest BCUT2D eigenvalue weighted by Gasteiger charge is 2.36. The summed E-state index contributed by atoms with van der Waals surface area (Å²) in [4.78, 5) is 19.4. The van der Waals surface area contributed by atoms with Gasteiger partial charge in [-0.1, -0.05) is 12.1 Å². The molecule has 1 saturated heterocycles. The van der Waals surface area contributed by atoms with Gasteiger partial charge in [-0.2, -0.15) is 9.57 Å². The SMILES string of the molecule is Cc1cc(C#N)cc(C)c1S(=O)(=O)N1CCN(C(=O)c2ccc3cccnc3c2)C(C)C1. The molecule has 32 heavy (non-hydrogen) atoms. The van der Waals surface area contributed by atoms with E-state index in [2.05, 4.69) is 11.1 Å². The third kappa shape index (κ3) is 3.85. The average Bonchev–Trinajstić information content (AvgIpc) is 2.77. The summed E-state index contributed by atoms with van der Waals surface area (Å²) in [7, 11) is -3.75. The zero-order valence-corrected chi connectivity index (χ0v) is 19.1. The van der Waals surface area contributed by atoms with Gasteiger partial charge in [-0.15, -0.1) is 0 Å². The minimum Gasteiger partial charge on any atom is -0.333 e. The van der Waals surface area contributed by atoms with Crippen LogP contribution in [0.25, 0.3) is 10.9 Å². The van der Waals surface area contributed by atoms with Gasteiger partial charge < -0.3 is 4.90 Å². The topological polar surface area (TPSA) is 94.4 Å². The van der Waals surface area contributed by atoms with Crippen molar-refractivity contribution < 1.29 is 13.2 Å². The van der Waals surface area contributed by atoms with Crippen LogP contribution in [0.4, 0.5) is 0 Å². The molecule has 0 spiro atoms. The quantitative estimate of drug-likeness (QED) is 0.613. The van der Waals surface area contributed by atoms with Crippen molar-refractivity contribution >= 4 is 26.8 Å². The molecule has 1 unspecified atom stereocenters. The van der Waals surface area contributed by atoms with Gasteiger partial charge in [0, 0.05) is 42.8 Å². The predicted octanol–water partition coefficient (Wildman–Crippen LogP) is 3.26. The number of fused-ring (bicyclic) bond motifs is 1. The first kappa shape index (κ1) is 21.9. The molecule has 0 N–H and O–H groups in total. The number of piperazine rings is 1. The lowest BCUT2D eigenvalue weighted by Gasteiger charge is -2.39. The van der Waals surface area contributed by atoms with Crippen molar-refractivity contribution in [3.05, 3.63) is 70.9 Å². The number of hydrogen-bond acceptors (Lipinski definition) is 5. The normalized spacial score (nSPS) is 17.3. The van der Waals surface area contributed by atoms with Crippen LogP contribution in [0.5, 0.6) is 0 Å². The van der Waals surface area contributed by atoms with Gasteiger partial charge in [0.25, 0.3) is 5.91 Å². The van der Waals surface area contributed by atoms with Crippen LogP contribution in [0.3, 0.4) is 0 Å². The number of carbonyl (C=O) groups is 1. The fourth-order valence-corrected chi connectivity index (χ4v) is 6.28. The highest BCUT2D eigenvalue weighted by Crippen LogP contribution is 2.27. The summed E-state index contributed by atoms with van der Waals surface area (Å²) in [5, 5.41) is 10.1. The highest BCUT2D eigenvalue weighted by atomic mass is 32.2. The van der Waals surface area contributed by atoms with E-state index < -0.39 is 10.0 Å². The molecule has 3 aromatic rings. The number of hydrogen-bond donors (Lipinski definition) is 0. The summed E-state index contributed by atoms with van der Waals surface area (Å²) in [5.74, 6) is -0.132. The number of aromatic nitrogens is 1. The van der Waals surface area contributed by atoms with Gasteiger partial charge in [0.05, 0.1) is 22.0 Å². The Hall–Kier alpha value is -3.28. The molecule has 0 saturated carbocycles. The maximum absolute atomic E-state index is 13.4. The highest BCUT2D eigenvalue weighted by molar-refractivity contribution is 7.89. The molecule has 164 valence electrons. The molecule has 1 aliphatic heterocycles. The molecule has 2 aromatic carbocycles. The predicted molar refractivity (Wildman–Crippen MR) is 122 cm³/mol. The van der Waals surface area contributed by atoms with Crippen molar-refractivity contribution in [1.29, 1.82) is 5.26 Å². The van der Waals surface area contributed by atoms with Crippen molar-refractivity contribution in [3.63, 3.8) is 0 Å². The molecule has 1 fully saturated rings. The fourth-order valence-electron chi connectivity index (χ4n) is 4.36. The molecule has 1 atom stereocenters. The molecule has 4 rings (SSSR count). The Kier molecular flexibility index (Phi) is 5.71. The van der Waals surface area contributed by atoms with Gasteiger partial charge >= 0.3 is 0 Å². The van der Waals surface area contributed by atoms with E-state index >= 15 is 0 Å². The second-order valence-corrected chi connectivity index (χ2v) is 10.0. The number of nitrogens with zero attached hydrogens (tertiary/aromatic N) is 4. The Morgan fingerprint density at radius 3 is 2.50 bits per heavy atom. The van der Waals surface area contributed by atoms with Crippen LogP contribution >= 0.6 is 0 Å². The summed E-state index contributed by atoms with van der Waals surface area (Å²) in [6.45, 7) is 5.99. The van der Waals surface area contributed by atoms with Gasteiger partial charge in [-0.05, 0) is 62.2 Å². The van der Waals surface area contributed by atoms with E-state index in [0.717, 1.165) is 10.9 Å². The second kappa shape index (κ2) is 8.34. The molecule has 2 heterocycles. The molecule has 1 aromatic heterocycles. The van der Waals surface area contributed by atoms with Crippen molar-refractivity contribution in [2.45, 2.75) is 31.7 Å². The van der Waals surface area contributed by atoms with Crippen LogP contribution in [0.15, 0.2) is 53.6 Å². The Morgan fingerprint density at radius 1 is 1.12 bits per heavy atom. The number of pyridine rings is 1. The molecular weight excluding hydrogens is 424 g/mol. The van der Waals surface area contributed by atoms with Crippen LogP contribution in [0, 0.1) is 25.2 Å². The molecule has 0 radical (unpaired) electrons. The maximum atomic E-state index is 13.4. The number of nitriles is 1. The van der Waals surface area contributed by atoms with E-state index in [4.69, 9.17) is 5.26 Å².